The summed E-state index contributed by atoms with van der Waals surface area (Å²) in [4.78, 5) is 0. The summed E-state index contributed by atoms with van der Waals surface area (Å²) in [5.74, 6) is -1.83. The Balaban J connectivity index is 2.27. The molecule has 0 saturated heterocycles. The molecule has 1 atom stereocenters. The lowest BCUT2D eigenvalue weighted by atomic mass is 9.78. The number of aliphatic hydroxyl groups is 1. The molecule has 2 rings (SSSR count). The van der Waals surface area contributed by atoms with Gasteiger partial charge in [-0.25, -0.2) is 8.78 Å². The quantitative estimate of drug-likeness (QED) is 0.903. The van der Waals surface area contributed by atoms with Gasteiger partial charge in [0.1, 0.15) is 6.10 Å². The first-order valence-electron chi connectivity index (χ1n) is 6.86. The van der Waals surface area contributed by atoms with Crippen LogP contribution in [0.2, 0.25) is 0 Å². The first-order valence-corrected chi connectivity index (χ1v) is 6.86. The van der Waals surface area contributed by atoms with E-state index in [1.165, 1.54) is 6.07 Å². The van der Waals surface area contributed by atoms with Crippen LogP contribution < -0.4 is 0 Å². The van der Waals surface area contributed by atoms with Gasteiger partial charge in [-0.1, -0.05) is 25.3 Å². The van der Waals surface area contributed by atoms with E-state index in [0.29, 0.717) is 12.2 Å². The molecular weight excluding hydrogens is 250 g/mol. The van der Waals surface area contributed by atoms with Crippen LogP contribution >= 0.6 is 0 Å². The number of aliphatic hydroxyl groups excluding tert-OH is 1. The topological polar surface area (TPSA) is 29.5 Å². The Morgan fingerprint density at radius 2 is 1.89 bits per heavy atom. The van der Waals surface area contributed by atoms with E-state index in [1.54, 1.807) is 0 Å². The van der Waals surface area contributed by atoms with Gasteiger partial charge in [-0.15, -0.1) is 0 Å². The molecule has 0 aromatic heterocycles. The van der Waals surface area contributed by atoms with E-state index in [9.17, 15) is 13.9 Å². The first-order chi connectivity index (χ1) is 9.09. The molecule has 0 spiro atoms. The van der Waals surface area contributed by atoms with Gasteiger partial charge in [0.25, 0.3) is 0 Å². The van der Waals surface area contributed by atoms with Crippen LogP contribution in [0.5, 0.6) is 0 Å². The van der Waals surface area contributed by atoms with Crippen molar-refractivity contribution < 1.29 is 18.6 Å². The zero-order valence-electron chi connectivity index (χ0n) is 11.2. The highest BCUT2D eigenvalue weighted by atomic mass is 19.2. The molecule has 1 fully saturated rings. The van der Waals surface area contributed by atoms with Crippen molar-refractivity contribution in [2.24, 2.45) is 0 Å². The molecule has 0 heterocycles. The van der Waals surface area contributed by atoms with Crippen LogP contribution in [0.4, 0.5) is 8.78 Å². The maximum atomic E-state index is 13.3. The Labute approximate surface area is 112 Å². The molecule has 106 valence electrons. The fourth-order valence-corrected chi connectivity index (χ4v) is 2.92. The second-order valence-corrected chi connectivity index (χ2v) is 5.13. The van der Waals surface area contributed by atoms with Crippen LogP contribution in [0.15, 0.2) is 18.2 Å². The van der Waals surface area contributed by atoms with Crippen LogP contribution in [-0.4, -0.2) is 17.3 Å². The van der Waals surface area contributed by atoms with E-state index in [-0.39, 0.29) is 0 Å². The second-order valence-electron chi connectivity index (χ2n) is 5.13. The lowest BCUT2D eigenvalue weighted by Crippen LogP contribution is -2.41. The van der Waals surface area contributed by atoms with E-state index < -0.39 is 23.3 Å². The predicted molar refractivity (Wildman–Crippen MR) is 68.8 cm³/mol. The summed E-state index contributed by atoms with van der Waals surface area (Å²) in [6.45, 7) is 2.38. The van der Waals surface area contributed by atoms with Gasteiger partial charge in [0, 0.05) is 6.61 Å². The fourth-order valence-electron chi connectivity index (χ4n) is 2.92. The zero-order chi connectivity index (χ0) is 13.9. The van der Waals surface area contributed by atoms with Crippen LogP contribution in [0.1, 0.15) is 50.7 Å². The Kier molecular flexibility index (Phi) is 4.53. The van der Waals surface area contributed by atoms with Gasteiger partial charge >= 0.3 is 0 Å². The van der Waals surface area contributed by atoms with Gasteiger partial charge in [0.2, 0.25) is 0 Å². The molecule has 1 N–H and O–H groups in total. The lowest BCUT2D eigenvalue weighted by Gasteiger charge is -2.41. The summed E-state index contributed by atoms with van der Waals surface area (Å²) in [5.41, 5.74) is -0.272. The standard InChI is InChI=1S/C15H20F2O2/c1-2-19-15(8-4-3-5-9-15)14(18)11-6-7-12(16)13(17)10-11/h6-7,10,14,18H,2-5,8-9H2,1H3. The van der Waals surface area contributed by atoms with E-state index in [1.807, 2.05) is 6.92 Å². The Bertz CT molecular complexity index is 423. The largest absolute Gasteiger partial charge is 0.385 e. The van der Waals surface area contributed by atoms with Crippen molar-refractivity contribution in [1.29, 1.82) is 0 Å². The van der Waals surface area contributed by atoms with E-state index in [0.717, 1.165) is 44.2 Å². The molecule has 0 aliphatic heterocycles. The van der Waals surface area contributed by atoms with E-state index in [2.05, 4.69) is 0 Å². The maximum Gasteiger partial charge on any atom is 0.159 e. The monoisotopic (exact) mass is 270 g/mol. The molecule has 1 aromatic carbocycles. The third-order valence-corrected chi connectivity index (χ3v) is 3.89. The van der Waals surface area contributed by atoms with Crippen molar-refractivity contribution >= 4 is 0 Å². The van der Waals surface area contributed by atoms with Crippen molar-refractivity contribution in [2.75, 3.05) is 6.61 Å². The summed E-state index contributed by atoms with van der Waals surface area (Å²) >= 11 is 0. The smallest absolute Gasteiger partial charge is 0.159 e. The first kappa shape index (κ1) is 14.4. The molecule has 1 saturated carbocycles. The Morgan fingerprint density at radius 3 is 2.47 bits per heavy atom. The minimum Gasteiger partial charge on any atom is -0.385 e. The number of benzene rings is 1. The molecule has 19 heavy (non-hydrogen) atoms. The molecule has 4 heteroatoms. The van der Waals surface area contributed by atoms with Gasteiger partial charge in [-0.3, -0.25) is 0 Å². The SMILES string of the molecule is CCOC1(C(O)c2ccc(F)c(F)c2)CCCCC1. The molecule has 1 aromatic rings. The molecule has 2 nitrogen and oxygen atoms in total. The molecule has 1 unspecified atom stereocenters. The summed E-state index contributed by atoms with van der Waals surface area (Å²) < 4.78 is 32.0. The number of hydrogen-bond acceptors (Lipinski definition) is 2. The molecule has 0 radical (unpaired) electrons. The summed E-state index contributed by atoms with van der Waals surface area (Å²) in [6.07, 6.45) is 3.69. The highest BCUT2D eigenvalue weighted by Gasteiger charge is 2.40. The number of ether oxygens (including phenoxy) is 1. The van der Waals surface area contributed by atoms with Gasteiger partial charge in [-0.05, 0) is 37.5 Å². The van der Waals surface area contributed by atoms with Crippen LogP contribution in [0.3, 0.4) is 0 Å². The Hall–Kier alpha value is -1.00. The second kappa shape index (κ2) is 5.97. The lowest BCUT2D eigenvalue weighted by molar-refractivity contribution is -0.141. The van der Waals surface area contributed by atoms with Crippen molar-refractivity contribution in [3.63, 3.8) is 0 Å². The van der Waals surface area contributed by atoms with Gasteiger partial charge in [-0.2, -0.15) is 0 Å². The average molecular weight is 270 g/mol. The van der Waals surface area contributed by atoms with Gasteiger partial charge in [0.05, 0.1) is 5.60 Å². The van der Waals surface area contributed by atoms with E-state index >= 15 is 0 Å². The highest BCUT2D eigenvalue weighted by molar-refractivity contribution is 5.23. The number of halogens is 2. The third-order valence-electron chi connectivity index (χ3n) is 3.89. The minimum absolute atomic E-state index is 0.384. The molecular formula is C15H20F2O2. The molecule has 0 amide bonds. The summed E-state index contributed by atoms with van der Waals surface area (Å²) in [7, 11) is 0. The minimum atomic E-state index is -0.931. The van der Waals surface area contributed by atoms with Crippen molar-refractivity contribution in [1.82, 2.24) is 0 Å². The zero-order valence-corrected chi connectivity index (χ0v) is 11.2. The normalized spacial score (nSPS) is 20.2. The van der Waals surface area contributed by atoms with Crippen LogP contribution in [0.25, 0.3) is 0 Å². The van der Waals surface area contributed by atoms with Crippen LogP contribution in [-0.2, 0) is 4.74 Å². The van der Waals surface area contributed by atoms with Gasteiger partial charge in [0.15, 0.2) is 11.6 Å². The molecule has 1 aliphatic rings. The van der Waals surface area contributed by atoms with E-state index in [4.69, 9.17) is 4.74 Å². The number of rotatable bonds is 4. The molecule has 0 bridgehead atoms. The van der Waals surface area contributed by atoms with Crippen molar-refractivity contribution in [3.05, 3.63) is 35.4 Å². The average Bonchev–Trinajstić information content (AvgIpc) is 2.42. The summed E-state index contributed by atoms with van der Waals surface area (Å²) in [5, 5.41) is 10.5. The fraction of sp³-hybridized carbons (Fsp3) is 0.600. The Morgan fingerprint density at radius 1 is 1.21 bits per heavy atom. The highest BCUT2D eigenvalue weighted by Crippen LogP contribution is 2.41. The summed E-state index contributed by atoms with van der Waals surface area (Å²) in [6, 6.07) is 3.55. The number of hydrogen-bond donors (Lipinski definition) is 1. The third kappa shape index (κ3) is 2.95. The van der Waals surface area contributed by atoms with Crippen LogP contribution in [0, 0.1) is 11.6 Å². The van der Waals surface area contributed by atoms with Gasteiger partial charge < -0.3 is 9.84 Å². The predicted octanol–water partition coefficient (Wildman–Crippen LogP) is 3.74. The van der Waals surface area contributed by atoms with Crippen molar-refractivity contribution in [2.45, 2.75) is 50.7 Å². The maximum absolute atomic E-state index is 13.3. The molecule has 1 aliphatic carbocycles. The van der Waals surface area contributed by atoms with Crippen molar-refractivity contribution in [3.8, 4) is 0 Å².